The second kappa shape index (κ2) is 8.40. The summed E-state index contributed by atoms with van der Waals surface area (Å²) in [6, 6.07) is 27.7. The first kappa shape index (κ1) is 19.6. The molecule has 5 rings (SSSR count). The van der Waals surface area contributed by atoms with E-state index in [4.69, 9.17) is 16.6 Å². The van der Waals surface area contributed by atoms with Crippen molar-refractivity contribution in [1.29, 1.82) is 0 Å². The first-order valence-electron chi connectivity index (χ1n) is 10.4. The van der Waals surface area contributed by atoms with Gasteiger partial charge in [0.2, 0.25) is 0 Å². The Hall–Kier alpha value is -3.37. The van der Waals surface area contributed by atoms with Crippen molar-refractivity contribution in [2.45, 2.75) is 0 Å². The summed E-state index contributed by atoms with van der Waals surface area (Å²) in [4.78, 5) is 22.6. The van der Waals surface area contributed by atoms with Crippen LogP contribution in [0.4, 0.5) is 5.69 Å². The zero-order valence-corrected chi connectivity index (χ0v) is 17.8. The molecule has 4 aromatic rings. The Balaban J connectivity index is 1.47. The highest BCUT2D eigenvalue weighted by Crippen LogP contribution is 2.28. The zero-order chi connectivity index (χ0) is 21.2. The summed E-state index contributed by atoms with van der Waals surface area (Å²) in [7, 11) is 0. The Kier molecular flexibility index (Phi) is 5.31. The van der Waals surface area contributed by atoms with E-state index >= 15 is 0 Å². The first-order valence-corrected chi connectivity index (χ1v) is 10.8. The van der Waals surface area contributed by atoms with Gasteiger partial charge >= 0.3 is 0 Å². The number of para-hydroxylation sites is 1. The molecule has 0 N–H and O–H groups in total. The van der Waals surface area contributed by atoms with Gasteiger partial charge < -0.3 is 9.80 Å². The lowest BCUT2D eigenvalue weighted by molar-refractivity contribution is 0.0748. The Bertz CT molecular complexity index is 1220. The van der Waals surface area contributed by atoms with E-state index in [1.807, 2.05) is 77.7 Å². The van der Waals surface area contributed by atoms with E-state index in [9.17, 15) is 4.79 Å². The molecule has 1 saturated heterocycles. The topological polar surface area (TPSA) is 36.4 Å². The highest BCUT2D eigenvalue weighted by atomic mass is 35.5. The molecule has 1 amide bonds. The number of hydrogen-bond acceptors (Lipinski definition) is 3. The molecule has 1 aliphatic heterocycles. The van der Waals surface area contributed by atoms with Gasteiger partial charge in [0.25, 0.3) is 5.91 Å². The molecule has 0 aliphatic carbocycles. The van der Waals surface area contributed by atoms with Crippen molar-refractivity contribution in [3.05, 3.63) is 95.5 Å². The minimum atomic E-state index is 0.0274. The number of carbonyl (C=O) groups is 1. The molecule has 154 valence electrons. The van der Waals surface area contributed by atoms with Gasteiger partial charge in [0.15, 0.2) is 0 Å². The second-order valence-electron chi connectivity index (χ2n) is 7.70. The predicted molar refractivity (Wildman–Crippen MR) is 127 cm³/mol. The third kappa shape index (κ3) is 3.99. The van der Waals surface area contributed by atoms with Gasteiger partial charge in [-0.25, -0.2) is 4.98 Å². The number of pyridine rings is 1. The summed E-state index contributed by atoms with van der Waals surface area (Å²) in [5, 5.41) is 1.40. The lowest BCUT2D eigenvalue weighted by atomic mass is 10.0. The number of rotatable bonds is 3. The van der Waals surface area contributed by atoms with Crippen molar-refractivity contribution in [2.75, 3.05) is 31.1 Å². The summed E-state index contributed by atoms with van der Waals surface area (Å²) in [6.07, 6.45) is 0. The van der Waals surface area contributed by atoms with Gasteiger partial charge in [-0.1, -0.05) is 60.1 Å². The molecule has 4 nitrogen and oxygen atoms in total. The van der Waals surface area contributed by atoms with Gasteiger partial charge in [-0.05, 0) is 36.4 Å². The number of carbonyl (C=O) groups excluding carboxylic acids is 1. The van der Waals surface area contributed by atoms with Crippen molar-refractivity contribution in [3.63, 3.8) is 0 Å². The van der Waals surface area contributed by atoms with Crippen LogP contribution >= 0.6 is 11.6 Å². The molecule has 2 heterocycles. The van der Waals surface area contributed by atoms with Crippen LogP contribution in [0.5, 0.6) is 0 Å². The van der Waals surface area contributed by atoms with Crippen LogP contribution in [0.2, 0.25) is 5.02 Å². The lowest BCUT2D eigenvalue weighted by Crippen LogP contribution is -2.48. The van der Waals surface area contributed by atoms with E-state index in [-0.39, 0.29) is 5.91 Å². The Labute approximate surface area is 186 Å². The summed E-state index contributed by atoms with van der Waals surface area (Å²) < 4.78 is 0. The summed E-state index contributed by atoms with van der Waals surface area (Å²) >= 11 is 6.27. The van der Waals surface area contributed by atoms with E-state index in [1.54, 1.807) is 0 Å². The molecular weight excluding hydrogens is 406 g/mol. The van der Waals surface area contributed by atoms with Crippen LogP contribution in [0.3, 0.4) is 0 Å². The number of amides is 1. The molecule has 1 aliphatic rings. The number of fused-ring (bicyclic) bond motifs is 1. The largest absolute Gasteiger partial charge is 0.368 e. The van der Waals surface area contributed by atoms with Gasteiger partial charge in [0, 0.05) is 47.8 Å². The number of piperazine rings is 1. The fourth-order valence-corrected chi connectivity index (χ4v) is 4.28. The van der Waals surface area contributed by atoms with Crippen LogP contribution in [0.15, 0.2) is 84.9 Å². The second-order valence-corrected chi connectivity index (χ2v) is 8.13. The van der Waals surface area contributed by atoms with Crippen molar-refractivity contribution >= 4 is 34.1 Å². The minimum absolute atomic E-state index is 0.0274. The van der Waals surface area contributed by atoms with Crippen molar-refractivity contribution < 1.29 is 4.79 Å². The van der Waals surface area contributed by atoms with Crippen LogP contribution in [0.25, 0.3) is 22.2 Å². The summed E-state index contributed by atoms with van der Waals surface area (Å²) in [6.45, 7) is 2.98. The highest BCUT2D eigenvalue weighted by molar-refractivity contribution is 6.31. The average Bonchev–Trinajstić information content (AvgIpc) is 2.84. The third-order valence-electron chi connectivity index (χ3n) is 5.76. The van der Waals surface area contributed by atoms with Crippen molar-refractivity contribution in [3.8, 4) is 11.3 Å². The number of nitrogens with zero attached hydrogens (tertiary/aromatic N) is 3. The van der Waals surface area contributed by atoms with E-state index in [0.717, 1.165) is 35.2 Å². The SMILES string of the molecule is O=C(c1cc(-c2ccccc2)nc2ccc(Cl)cc12)N1CCN(c2ccccc2)CC1. The van der Waals surface area contributed by atoms with Gasteiger partial charge in [0.1, 0.15) is 0 Å². The van der Waals surface area contributed by atoms with Crippen LogP contribution in [0, 0.1) is 0 Å². The Morgan fingerprint density at radius 1 is 0.806 bits per heavy atom. The smallest absolute Gasteiger partial charge is 0.254 e. The molecule has 0 spiro atoms. The standard InChI is InChI=1S/C26H22ClN3O/c27-20-11-12-24-22(17-20)23(18-25(28-24)19-7-3-1-4-8-19)26(31)30-15-13-29(14-16-30)21-9-5-2-6-10-21/h1-12,17-18H,13-16H2. The Morgan fingerprint density at radius 2 is 1.48 bits per heavy atom. The summed E-state index contributed by atoms with van der Waals surface area (Å²) in [5.74, 6) is 0.0274. The molecule has 0 radical (unpaired) electrons. The van der Waals surface area contributed by atoms with Crippen molar-refractivity contribution in [1.82, 2.24) is 9.88 Å². The number of hydrogen-bond donors (Lipinski definition) is 0. The quantitative estimate of drug-likeness (QED) is 0.432. The molecule has 3 aromatic carbocycles. The third-order valence-corrected chi connectivity index (χ3v) is 5.99. The maximum atomic E-state index is 13.6. The molecular formula is C26H22ClN3O. The highest BCUT2D eigenvalue weighted by Gasteiger charge is 2.24. The van der Waals surface area contributed by atoms with Gasteiger partial charge in [-0.2, -0.15) is 0 Å². The maximum Gasteiger partial charge on any atom is 0.254 e. The number of aromatic nitrogens is 1. The fraction of sp³-hybridized carbons (Fsp3) is 0.154. The lowest BCUT2D eigenvalue weighted by Gasteiger charge is -2.36. The number of benzene rings is 3. The van der Waals surface area contributed by atoms with Gasteiger partial charge in [0.05, 0.1) is 16.8 Å². The van der Waals surface area contributed by atoms with E-state index in [2.05, 4.69) is 17.0 Å². The molecule has 0 bridgehead atoms. The Morgan fingerprint density at radius 3 is 2.19 bits per heavy atom. The monoisotopic (exact) mass is 427 g/mol. The number of halogens is 1. The summed E-state index contributed by atoms with van der Waals surface area (Å²) in [5.41, 5.74) is 4.41. The molecule has 5 heteroatoms. The normalized spacial score (nSPS) is 14.1. The molecule has 0 atom stereocenters. The van der Waals surface area contributed by atoms with E-state index < -0.39 is 0 Å². The number of anilines is 1. The molecule has 1 aromatic heterocycles. The minimum Gasteiger partial charge on any atom is -0.368 e. The maximum absolute atomic E-state index is 13.6. The zero-order valence-electron chi connectivity index (χ0n) is 17.0. The average molecular weight is 428 g/mol. The first-order chi connectivity index (χ1) is 15.2. The molecule has 31 heavy (non-hydrogen) atoms. The molecule has 1 fully saturated rings. The van der Waals surface area contributed by atoms with Crippen LogP contribution < -0.4 is 4.90 Å². The molecule has 0 saturated carbocycles. The van der Waals surface area contributed by atoms with Gasteiger partial charge in [-0.3, -0.25) is 4.79 Å². The van der Waals surface area contributed by atoms with E-state index in [0.29, 0.717) is 23.7 Å². The van der Waals surface area contributed by atoms with Crippen molar-refractivity contribution in [2.24, 2.45) is 0 Å². The van der Waals surface area contributed by atoms with Crippen LogP contribution in [-0.4, -0.2) is 42.0 Å². The fourth-order valence-electron chi connectivity index (χ4n) is 4.11. The molecule has 0 unspecified atom stereocenters. The van der Waals surface area contributed by atoms with Crippen LogP contribution in [0.1, 0.15) is 10.4 Å². The predicted octanol–water partition coefficient (Wildman–Crippen LogP) is 5.52. The van der Waals surface area contributed by atoms with Crippen LogP contribution in [-0.2, 0) is 0 Å². The van der Waals surface area contributed by atoms with E-state index in [1.165, 1.54) is 5.69 Å². The van der Waals surface area contributed by atoms with Gasteiger partial charge in [-0.15, -0.1) is 0 Å².